The number of benzene rings is 2. The smallest absolute Gasteiger partial charge is 0.255 e. The lowest BCUT2D eigenvalue weighted by molar-refractivity contribution is -0.120. The molecular weight excluding hydrogens is 358 g/mol. The Bertz CT molecular complexity index is 837. The molecule has 7 nitrogen and oxygen atoms in total. The van der Waals surface area contributed by atoms with E-state index in [1.165, 1.54) is 19.1 Å². The Morgan fingerprint density at radius 1 is 1.04 bits per heavy atom. The van der Waals surface area contributed by atoms with Gasteiger partial charge in [-0.05, 0) is 11.6 Å². The number of nitrogens with one attached hydrogen (secondary N) is 1. The second kappa shape index (κ2) is 9.23. The maximum absolute atomic E-state index is 12.8. The molecule has 0 bridgehead atoms. The molecule has 2 amide bonds. The highest BCUT2D eigenvalue weighted by Crippen LogP contribution is 2.34. The molecular formula is C21H27N3O4. The van der Waals surface area contributed by atoms with E-state index < -0.39 is 12.0 Å². The Morgan fingerprint density at radius 2 is 1.61 bits per heavy atom. The second-order valence-electron chi connectivity index (χ2n) is 6.67. The van der Waals surface area contributed by atoms with Crippen molar-refractivity contribution in [2.75, 3.05) is 33.6 Å². The Balaban J connectivity index is 2.35. The van der Waals surface area contributed by atoms with Crippen LogP contribution in [0.25, 0.3) is 0 Å². The van der Waals surface area contributed by atoms with E-state index in [2.05, 4.69) is 5.32 Å². The van der Waals surface area contributed by atoms with Crippen molar-refractivity contribution in [3.8, 4) is 11.5 Å². The fourth-order valence-corrected chi connectivity index (χ4v) is 2.77. The van der Waals surface area contributed by atoms with Crippen LogP contribution in [0.5, 0.6) is 11.5 Å². The molecule has 0 aliphatic rings. The lowest BCUT2D eigenvalue weighted by Crippen LogP contribution is -2.31. The van der Waals surface area contributed by atoms with E-state index in [9.17, 15) is 9.59 Å². The number of hydrogen-bond donors (Lipinski definition) is 2. The minimum Gasteiger partial charge on any atom is -0.493 e. The van der Waals surface area contributed by atoms with Gasteiger partial charge in [-0.25, -0.2) is 0 Å². The van der Waals surface area contributed by atoms with Gasteiger partial charge in [-0.3, -0.25) is 9.59 Å². The standard InChI is InChI=1S/C21H27N3O4/c1-13(19(22)14-9-7-6-8-10-14)20(25)23-16-12-18(28-5)17(27-4)11-15(16)21(26)24(2)3/h6-13,19H,22H2,1-5H3,(H,23,25). The summed E-state index contributed by atoms with van der Waals surface area (Å²) in [6.45, 7) is 1.75. The van der Waals surface area contributed by atoms with Gasteiger partial charge in [0.15, 0.2) is 11.5 Å². The van der Waals surface area contributed by atoms with E-state index in [1.54, 1.807) is 33.2 Å². The number of rotatable bonds is 7. The molecule has 0 aromatic heterocycles. The number of amides is 2. The minimum atomic E-state index is -0.516. The van der Waals surface area contributed by atoms with Crippen molar-refractivity contribution in [3.63, 3.8) is 0 Å². The van der Waals surface area contributed by atoms with E-state index in [1.807, 2.05) is 30.3 Å². The molecule has 3 N–H and O–H groups in total. The second-order valence-corrected chi connectivity index (χ2v) is 6.67. The van der Waals surface area contributed by atoms with Gasteiger partial charge in [-0.1, -0.05) is 37.3 Å². The van der Waals surface area contributed by atoms with Crippen molar-refractivity contribution in [2.24, 2.45) is 11.7 Å². The summed E-state index contributed by atoms with van der Waals surface area (Å²) in [5.74, 6) is -0.265. The first-order valence-electron chi connectivity index (χ1n) is 8.89. The van der Waals surface area contributed by atoms with Crippen molar-refractivity contribution in [1.29, 1.82) is 0 Å². The van der Waals surface area contributed by atoms with Crippen LogP contribution in [-0.4, -0.2) is 45.0 Å². The van der Waals surface area contributed by atoms with Crippen LogP contribution in [0.15, 0.2) is 42.5 Å². The zero-order chi connectivity index (χ0) is 20.8. The Labute approximate surface area is 165 Å². The first-order valence-corrected chi connectivity index (χ1v) is 8.89. The van der Waals surface area contributed by atoms with E-state index >= 15 is 0 Å². The van der Waals surface area contributed by atoms with E-state index in [4.69, 9.17) is 15.2 Å². The van der Waals surface area contributed by atoms with Gasteiger partial charge in [0, 0.05) is 26.2 Å². The predicted octanol–water partition coefficient (Wildman–Crippen LogP) is 2.68. The molecule has 2 rings (SSSR count). The number of methoxy groups -OCH3 is 2. The van der Waals surface area contributed by atoms with Crippen LogP contribution >= 0.6 is 0 Å². The summed E-state index contributed by atoms with van der Waals surface area (Å²) in [5, 5.41) is 2.82. The summed E-state index contributed by atoms with van der Waals surface area (Å²) in [7, 11) is 6.25. The van der Waals surface area contributed by atoms with Gasteiger partial charge in [0.25, 0.3) is 5.91 Å². The van der Waals surface area contributed by atoms with Gasteiger partial charge >= 0.3 is 0 Å². The fourth-order valence-electron chi connectivity index (χ4n) is 2.77. The van der Waals surface area contributed by atoms with Gasteiger partial charge in [-0.15, -0.1) is 0 Å². The van der Waals surface area contributed by atoms with Gasteiger partial charge < -0.3 is 25.4 Å². The number of nitrogens with zero attached hydrogens (tertiary/aromatic N) is 1. The molecule has 0 radical (unpaired) electrons. The first kappa shape index (κ1) is 21.2. The predicted molar refractivity (Wildman–Crippen MR) is 109 cm³/mol. The fraction of sp³-hybridized carbons (Fsp3) is 0.333. The van der Waals surface area contributed by atoms with Crippen LogP contribution in [0, 0.1) is 5.92 Å². The van der Waals surface area contributed by atoms with E-state index in [0.29, 0.717) is 22.7 Å². The van der Waals surface area contributed by atoms with Crippen molar-refractivity contribution >= 4 is 17.5 Å². The Hall–Kier alpha value is -3.06. The third kappa shape index (κ3) is 4.61. The van der Waals surface area contributed by atoms with Gasteiger partial charge in [0.2, 0.25) is 5.91 Å². The maximum Gasteiger partial charge on any atom is 0.255 e. The molecule has 0 saturated carbocycles. The van der Waals surface area contributed by atoms with Crippen LogP contribution in [0.2, 0.25) is 0 Å². The van der Waals surface area contributed by atoms with Crippen molar-refractivity contribution in [3.05, 3.63) is 53.6 Å². The molecule has 0 aliphatic heterocycles. The number of ether oxygens (including phenoxy) is 2. The normalized spacial score (nSPS) is 12.6. The quantitative estimate of drug-likeness (QED) is 0.764. The maximum atomic E-state index is 12.8. The molecule has 2 aromatic carbocycles. The first-order chi connectivity index (χ1) is 13.3. The average Bonchev–Trinajstić information content (AvgIpc) is 2.72. The van der Waals surface area contributed by atoms with Crippen LogP contribution in [-0.2, 0) is 4.79 Å². The molecule has 0 aliphatic carbocycles. The molecule has 0 fully saturated rings. The Morgan fingerprint density at radius 3 is 2.14 bits per heavy atom. The van der Waals surface area contributed by atoms with Crippen LogP contribution in [0.3, 0.4) is 0 Å². The number of hydrogen-bond acceptors (Lipinski definition) is 5. The van der Waals surface area contributed by atoms with Gasteiger partial charge in [0.05, 0.1) is 31.4 Å². The molecule has 7 heteroatoms. The van der Waals surface area contributed by atoms with Crippen LogP contribution < -0.4 is 20.5 Å². The number of carbonyl (C=O) groups excluding carboxylic acids is 2. The van der Waals surface area contributed by atoms with E-state index in [0.717, 1.165) is 5.56 Å². The molecule has 0 saturated heterocycles. The zero-order valence-corrected chi connectivity index (χ0v) is 16.9. The number of anilines is 1. The highest BCUT2D eigenvalue weighted by atomic mass is 16.5. The molecule has 0 spiro atoms. The van der Waals surface area contributed by atoms with Crippen LogP contribution in [0.1, 0.15) is 28.9 Å². The molecule has 2 aromatic rings. The summed E-state index contributed by atoms with van der Waals surface area (Å²) >= 11 is 0. The summed E-state index contributed by atoms with van der Waals surface area (Å²) < 4.78 is 10.6. The van der Waals surface area contributed by atoms with Gasteiger partial charge in [-0.2, -0.15) is 0 Å². The average molecular weight is 385 g/mol. The summed E-state index contributed by atoms with van der Waals surface area (Å²) in [5.41, 5.74) is 7.77. The highest BCUT2D eigenvalue weighted by Gasteiger charge is 2.25. The molecule has 28 heavy (non-hydrogen) atoms. The zero-order valence-electron chi connectivity index (χ0n) is 16.9. The topological polar surface area (TPSA) is 93.9 Å². The minimum absolute atomic E-state index is 0.267. The third-order valence-corrected chi connectivity index (χ3v) is 4.55. The third-order valence-electron chi connectivity index (χ3n) is 4.55. The van der Waals surface area contributed by atoms with Crippen molar-refractivity contribution in [2.45, 2.75) is 13.0 Å². The largest absolute Gasteiger partial charge is 0.493 e. The lowest BCUT2D eigenvalue weighted by Gasteiger charge is -2.22. The van der Waals surface area contributed by atoms with Crippen LogP contribution in [0.4, 0.5) is 5.69 Å². The monoisotopic (exact) mass is 385 g/mol. The van der Waals surface area contributed by atoms with Crippen molar-refractivity contribution in [1.82, 2.24) is 4.90 Å². The molecule has 2 unspecified atom stereocenters. The SMILES string of the molecule is COc1cc(NC(=O)C(C)C(N)c2ccccc2)c(C(=O)N(C)C)cc1OC. The number of carbonyl (C=O) groups is 2. The summed E-state index contributed by atoms with van der Waals surface area (Å²) in [4.78, 5) is 26.9. The Kier molecular flexibility index (Phi) is 7.00. The van der Waals surface area contributed by atoms with E-state index in [-0.39, 0.29) is 11.8 Å². The number of nitrogens with two attached hydrogens (primary N) is 1. The summed E-state index contributed by atoms with van der Waals surface area (Å²) in [6.07, 6.45) is 0. The summed E-state index contributed by atoms with van der Waals surface area (Å²) in [6, 6.07) is 12.1. The highest BCUT2D eigenvalue weighted by molar-refractivity contribution is 6.05. The molecule has 0 heterocycles. The lowest BCUT2D eigenvalue weighted by atomic mass is 9.94. The molecule has 150 valence electrons. The van der Waals surface area contributed by atoms with Crippen molar-refractivity contribution < 1.29 is 19.1 Å². The van der Waals surface area contributed by atoms with Gasteiger partial charge in [0.1, 0.15) is 0 Å². The molecule has 2 atom stereocenters.